The van der Waals surface area contributed by atoms with Crippen LogP contribution >= 0.6 is 0 Å². The highest BCUT2D eigenvalue weighted by Gasteiger charge is 2.45. The lowest BCUT2D eigenvalue weighted by Gasteiger charge is -2.28. The van der Waals surface area contributed by atoms with Crippen molar-refractivity contribution in [2.75, 3.05) is 6.54 Å². The predicted octanol–water partition coefficient (Wildman–Crippen LogP) is 1.84. The Labute approximate surface area is 86.6 Å². The first kappa shape index (κ1) is 12.3. The molecule has 0 bridgehead atoms. The molecule has 1 aliphatic rings. The number of carbonyl (C=O) groups is 1. The molecule has 88 valence electrons. The number of hydrazine groups is 1. The van der Waals surface area contributed by atoms with Crippen molar-refractivity contribution >= 4 is 5.91 Å². The molecule has 0 aromatic heterocycles. The Kier molecular flexibility index (Phi) is 3.96. The van der Waals surface area contributed by atoms with E-state index in [1.54, 1.807) is 0 Å². The minimum absolute atomic E-state index is 0.0419. The molecule has 6 heteroatoms. The lowest BCUT2D eigenvalue weighted by molar-refractivity contribution is -0.190. The molecular weight excluding hydrogens is 209 g/mol. The van der Waals surface area contributed by atoms with Crippen molar-refractivity contribution in [1.82, 2.24) is 10.4 Å². The summed E-state index contributed by atoms with van der Waals surface area (Å²) in [7, 11) is 0. The molecule has 0 spiro atoms. The van der Waals surface area contributed by atoms with Crippen molar-refractivity contribution in [2.45, 2.75) is 44.8 Å². The van der Waals surface area contributed by atoms with Gasteiger partial charge in [0.25, 0.3) is 0 Å². The fourth-order valence-corrected chi connectivity index (χ4v) is 1.62. The zero-order valence-electron chi connectivity index (χ0n) is 8.60. The molecule has 0 unspecified atom stereocenters. The molecule has 0 saturated carbocycles. The van der Waals surface area contributed by atoms with Gasteiger partial charge in [-0.2, -0.15) is 13.2 Å². The highest BCUT2D eigenvalue weighted by molar-refractivity contribution is 5.77. The van der Waals surface area contributed by atoms with Crippen LogP contribution in [0.5, 0.6) is 0 Å². The van der Waals surface area contributed by atoms with Gasteiger partial charge in [0.15, 0.2) is 0 Å². The van der Waals surface area contributed by atoms with E-state index in [0.29, 0.717) is 12.8 Å². The summed E-state index contributed by atoms with van der Waals surface area (Å²) in [6, 6.07) is -1.54. The topological polar surface area (TPSA) is 32.3 Å². The van der Waals surface area contributed by atoms with Crippen molar-refractivity contribution in [3.8, 4) is 0 Å². The van der Waals surface area contributed by atoms with Crippen LogP contribution in [0, 0.1) is 0 Å². The highest BCUT2D eigenvalue weighted by Crippen LogP contribution is 2.28. The van der Waals surface area contributed by atoms with Gasteiger partial charge in [0, 0.05) is 13.0 Å². The van der Waals surface area contributed by atoms with Gasteiger partial charge in [-0.05, 0) is 6.42 Å². The standard InChI is InChI=1S/C9H15F3N2O/c1-2-3-4-7(9(10,11)12)14-6-5-8(15)13-14/h7H,2-6H2,1H3,(H,13,15)/t7-/m0/s1. The van der Waals surface area contributed by atoms with Gasteiger partial charge in [0.1, 0.15) is 6.04 Å². The zero-order valence-corrected chi connectivity index (χ0v) is 8.60. The van der Waals surface area contributed by atoms with Crippen molar-refractivity contribution in [3.63, 3.8) is 0 Å². The fourth-order valence-electron chi connectivity index (χ4n) is 1.62. The van der Waals surface area contributed by atoms with Gasteiger partial charge >= 0.3 is 6.18 Å². The molecule has 1 saturated heterocycles. The molecule has 0 aromatic carbocycles. The smallest absolute Gasteiger partial charge is 0.288 e. The van der Waals surface area contributed by atoms with Crippen LogP contribution in [0.2, 0.25) is 0 Å². The van der Waals surface area contributed by atoms with E-state index in [1.807, 2.05) is 6.92 Å². The Bertz CT molecular complexity index is 230. The maximum Gasteiger partial charge on any atom is 0.405 e. The van der Waals surface area contributed by atoms with E-state index >= 15 is 0 Å². The second kappa shape index (κ2) is 4.83. The summed E-state index contributed by atoms with van der Waals surface area (Å²) in [4.78, 5) is 10.8. The maximum atomic E-state index is 12.6. The molecule has 1 aliphatic heterocycles. The third kappa shape index (κ3) is 3.37. The van der Waals surface area contributed by atoms with Gasteiger partial charge in [0.2, 0.25) is 5.91 Å². The van der Waals surface area contributed by atoms with E-state index in [2.05, 4.69) is 5.43 Å². The predicted molar refractivity (Wildman–Crippen MR) is 48.8 cm³/mol. The normalized spacial score (nSPS) is 20.4. The second-order valence-corrected chi connectivity index (χ2v) is 3.68. The number of halogens is 3. The number of unbranched alkanes of at least 4 members (excludes halogenated alkanes) is 1. The third-order valence-corrected chi connectivity index (χ3v) is 2.43. The fraction of sp³-hybridized carbons (Fsp3) is 0.889. The van der Waals surface area contributed by atoms with Crippen LogP contribution in [-0.2, 0) is 4.79 Å². The molecule has 3 nitrogen and oxygen atoms in total. The number of amides is 1. The summed E-state index contributed by atoms with van der Waals surface area (Å²) in [5.41, 5.74) is 2.24. The number of rotatable bonds is 4. The molecular formula is C9H15F3N2O. The zero-order chi connectivity index (χ0) is 11.5. The number of hydrogen-bond acceptors (Lipinski definition) is 2. The maximum absolute atomic E-state index is 12.6. The van der Waals surface area contributed by atoms with Gasteiger partial charge < -0.3 is 0 Å². The molecule has 1 atom stereocenters. The molecule has 0 aromatic rings. The molecule has 1 rings (SSSR count). The molecule has 0 aliphatic carbocycles. The van der Waals surface area contributed by atoms with E-state index in [9.17, 15) is 18.0 Å². The van der Waals surface area contributed by atoms with Crippen molar-refractivity contribution in [1.29, 1.82) is 0 Å². The van der Waals surface area contributed by atoms with E-state index in [1.165, 1.54) is 0 Å². The minimum Gasteiger partial charge on any atom is -0.288 e. The minimum atomic E-state index is -4.27. The Morgan fingerprint density at radius 2 is 2.20 bits per heavy atom. The number of nitrogens with zero attached hydrogens (tertiary/aromatic N) is 1. The molecule has 1 heterocycles. The van der Waals surface area contributed by atoms with Crippen LogP contribution in [0.3, 0.4) is 0 Å². The number of hydrogen-bond donors (Lipinski definition) is 1. The first-order valence-corrected chi connectivity index (χ1v) is 5.08. The van der Waals surface area contributed by atoms with Crippen molar-refractivity contribution in [3.05, 3.63) is 0 Å². The first-order chi connectivity index (χ1) is 6.95. The van der Waals surface area contributed by atoms with E-state index < -0.39 is 12.2 Å². The third-order valence-electron chi connectivity index (χ3n) is 2.43. The van der Waals surface area contributed by atoms with Crippen molar-refractivity contribution in [2.24, 2.45) is 0 Å². The quantitative estimate of drug-likeness (QED) is 0.790. The van der Waals surface area contributed by atoms with Gasteiger partial charge in [0.05, 0.1) is 0 Å². The highest BCUT2D eigenvalue weighted by atomic mass is 19.4. The van der Waals surface area contributed by atoms with Gasteiger partial charge in [-0.15, -0.1) is 0 Å². The van der Waals surface area contributed by atoms with Crippen LogP contribution in [0.25, 0.3) is 0 Å². The largest absolute Gasteiger partial charge is 0.405 e. The molecule has 0 radical (unpaired) electrons. The first-order valence-electron chi connectivity index (χ1n) is 5.08. The Hall–Kier alpha value is -0.780. The number of nitrogens with one attached hydrogen (secondary N) is 1. The molecule has 1 amide bonds. The summed E-state index contributed by atoms with van der Waals surface area (Å²) >= 11 is 0. The molecule has 1 fully saturated rings. The number of carbonyl (C=O) groups excluding carboxylic acids is 1. The van der Waals surface area contributed by atoms with Crippen LogP contribution in [0.15, 0.2) is 0 Å². The lowest BCUT2D eigenvalue weighted by Crippen LogP contribution is -2.49. The Morgan fingerprint density at radius 1 is 1.53 bits per heavy atom. The van der Waals surface area contributed by atoms with Crippen LogP contribution < -0.4 is 5.43 Å². The van der Waals surface area contributed by atoms with Gasteiger partial charge in [-0.1, -0.05) is 19.8 Å². The second-order valence-electron chi connectivity index (χ2n) is 3.68. The Balaban J connectivity index is 2.59. The Morgan fingerprint density at radius 3 is 2.60 bits per heavy atom. The summed E-state index contributed by atoms with van der Waals surface area (Å²) < 4.78 is 37.9. The monoisotopic (exact) mass is 224 g/mol. The van der Waals surface area contributed by atoms with Crippen molar-refractivity contribution < 1.29 is 18.0 Å². The van der Waals surface area contributed by atoms with Crippen LogP contribution in [-0.4, -0.2) is 29.7 Å². The van der Waals surface area contributed by atoms with Crippen LogP contribution in [0.4, 0.5) is 13.2 Å². The van der Waals surface area contributed by atoms with E-state index in [4.69, 9.17) is 0 Å². The lowest BCUT2D eigenvalue weighted by atomic mass is 10.1. The van der Waals surface area contributed by atoms with Gasteiger partial charge in [-0.25, -0.2) is 5.01 Å². The van der Waals surface area contributed by atoms with E-state index in [0.717, 1.165) is 5.01 Å². The van der Waals surface area contributed by atoms with E-state index in [-0.39, 0.29) is 25.3 Å². The summed E-state index contributed by atoms with van der Waals surface area (Å²) in [6.45, 7) is 1.99. The SMILES string of the molecule is CCCC[C@H](N1CCC(=O)N1)C(F)(F)F. The van der Waals surface area contributed by atoms with Crippen LogP contribution in [0.1, 0.15) is 32.6 Å². The average molecular weight is 224 g/mol. The average Bonchev–Trinajstić information content (AvgIpc) is 2.50. The molecule has 1 N–H and O–H groups in total. The number of alkyl halides is 3. The summed E-state index contributed by atoms with van der Waals surface area (Å²) in [5, 5.41) is 1.01. The summed E-state index contributed by atoms with van der Waals surface area (Å²) in [6.07, 6.45) is -2.85. The van der Waals surface area contributed by atoms with Gasteiger partial charge in [-0.3, -0.25) is 10.2 Å². The summed E-state index contributed by atoms with van der Waals surface area (Å²) in [5.74, 6) is -0.333. The molecule has 15 heavy (non-hydrogen) atoms.